The topological polar surface area (TPSA) is 126 Å². The first kappa shape index (κ1) is 26.7. The second kappa shape index (κ2) is 10.8. The van der Waals surface area contributed by atoms with Crippen molar-refractivity contribution in [3.8, 4) is 11.5 Å². The number of carbonyl (C=O) groups excluding carboxylic acids is 2. The van der Waals surface area contributed by atoms with Crippen molar-refractivity contribution in [2.75, 3.05) is 18.2 Å². The van der Waals surface area contributed by atoms with Gasteiger partial charge in [0.15, 0.2) is 15.7 Å². The Morgan fingerprint density at radius 1 is 1.06 bits per heavy atom. The number of carbonyl (C=O) groups is 2. The molecule has 11 heteroatoms. The minimum absolute atomic E-state index is 0.149. The minimum Gasteiger partial charge on any atom is -0.489 e. The van der Waals surface area contributed by atoms with Crippen LogP contribution in [0.25, 0.3) is 0 Å². The molecular formula is C25H29N3O7S. The molecule has 0 bridgehead atoms. The molecule has 0 saturated carbocycles. The number of amides is 1. The van der Waals surface area contributed by atoms with E-state index >= 15 is 0 Å². The molecular weight excluding hydrogens is 486 g/mol. The maximum absolute atomic E-state index is 12.8. The summed E-state index contributed by atoms with van der Waals surface area (Å²) in [5.41, 5.74) is -0.460. The molecule has 1 aromatic heterocycles. The highest BCUT2D eigenvalue weighted by molar-refractivity contribution is 7.90. The van der Waals surface area contributed by atoms with Crippen LogP contribution in [-0.2, 0) is 26.4 Å². The van der Waals surface area contributed by atoms with Crippen molar-refractivity contribution >= 4 is 27.5 Å². The molecule has 36 heavy (non-hydrogen) atoms. The molecule has 2 aromatic carbocycles. The number of benzene rings is 2. The van der Waals surface area contributed by atoms with Gasteiger partial charge in [0, 0.05) is 31.1 Å². The lowest BCUT2D eigenvalue weighted by Gasteiger charge is -2.24. The van der Waals surface area contributed by atoms with Crippen LogP contribution in [0, 0.1) is 0 Å². The van der Waals surface area contributed by atoms with E-state index in [4.69, 9.17) is 14.2 Å². The van der Waals surface area contributed by atoms with Crippen LogP contribution in [0.15, 0.2) is 65.7 Å². The highest BCUT2D eigenvalue weighted by Crippen LogP contribution is 2.20. The number of anilines is 1. The van der Waals surface area contributed by atoms with Crippen molar-refractivity contribution in [2.45, 2.75) is 37.4 Å². The molecule has 0 radical (unpaired) electrons. The van der Waals surface area contributed by atoms with Crippen LogP contribution in [0.4, 0.5) is 5.82 Å². The lowest BCUT2D eigenvalue weighted by atomic mass is 10.2. The highest BCUT2D eigenvalue weighted by atomic mass is 32.2. The van der Waals surface area contributed by atoms with Gasteiger partial charge in [-0.1, -0.05) is 6.07 Å². The third-order valence-corrected chi connectivity index (χ3v) is 5.78. The molecule has 0 saturated heterocycles. The predicted molar refractivity (Wildman–Crippen MR) is 133 cm³/mol. The average Bonchev–Trinajstić information content (AvgIpc) is 3.19. The van der Waals surface area contributed by atoms with Gasteiger partial charge in [-0.15, -0.1) is 0 Å². The van der Waals surface area contributed by atoms with Crippen molar-refractivity contribution < 1.29 is 32.2 Å². The molecule has 0 aliphatic rings. The number of aromatic nitrogens is 2. The fourth-order valence-electron chi connectivity index (χ4n) is 3.02. The van der Waals surface area contributed by atoms with Crippen molar-refractivity contribution in [3.05, 3.63) is 66.4 Å². The molecule has 1 heterocycles. The van der Waals surface area contributed by atoms with Crippen LogP contribution in [0.2, 0.25) is 0 Å². The Bertz CT molecular complexity index is 1330. The molecule has 1 N–H and O–H groups in total. The molecule has 1 atom stereocenters. The molecule has 0 aliphatic heterocycles. The molecule has 10 nitrogen and oxygen atoms in total. The maximum Gasteiger partial charge on any atom is 0.351 e. The van der Waals surface area contributed by atoms with Gasteiger partial charge < -0.3 is 19.5 Å². The Labute approximate surface area is 210 Å². The van der Waals surface area contributed by atoms with Crippen molar-refractivity contribution in [3.63, 3.8) is 0 Å². The molecule has 0 fully saturated rings. The number of sulfone groups is 1. The van der Waals surface area contributed by atoms with Crippen molar-refractivity contribution in [1.82, 2.24) is 9.78 Å². The van der Waals surface area contributed by atoms with Crippen LogP contribution in [0.1, 0.15) is 31.1 Å². The first-order valence-corrected chi connectivity index (χ1v) is 12.9. The Morgan fingerprint density at radius 3 is 2.33 bits per heavy atom. The molecule has 3 aromatic rings. The van der Waals surface area contributed by atoms with Gasteiger partial charge >= 0.3 is 5.97 Å². The molecule has 0 aliphatic carbocycles. The Morgan fingerprint density at radius 2 is 1.75 bits per heavy atom. The summed E-state index contributed by atoms with van der Waals surface area (Å²) in [6.07, 6.45) is 1.66. The zero-order valence-electron chi connectivity index (χ0n) is 20.7. The SMILES string of the molecule is Cn1ccc(NC(=O)c2cccc(OC(COc3ccc(S(C)(=O)=O)cc3)C(=O)OC(C)(C)C)c2)n1. The average molecular weight is 516 g/mol. The van der Waals surface area contributed by atoms with Gasteiger partial charge in [0.1, 0.15) is 23.7 Å². The summed E-state index contributed by atoms with van der Waals surface area (Å²) in [6, 6.07) is 13.8. The summed E-state index contributed by atoms with van der Waals surface area (Å²) in [5.74, 6) is -0.0388. The monoisotopic (exact) mass is 515 g/mol. The van der Waals surface area contributed by atoms with Crippen molar-refractivity contribution in [1.29, 1.82) is 0 Å². The molecule has 3 rings (SSSR count). The number of ether oxygens (including phenoxy) is 3. The van der Waals surface area contributed by atoms with Crippen LogP contribution >= 0.6 is 0 Å². The number of rotatable bonds is 9. The highest BCUT2D eigenvalue weighted by Gasteiger charge is 2.28. The van der Waals surface area contributed by atoms with E-state index in [2.05, 4.69) is 10.4 Å². The molecule has 1 unspecified atom stereocenters. The smallest absolute Gasteiger partial charge is 0.351 e. The Hall–Kier alpha value is -3.86. The van der Waals surface area contributed by atoms with E-state index in [0.29, 0.717) is 17.1 Å². The van der Waals surface area contributed by atoms with Crippen LogP contribution < -0.4 is 14.8 Å². The summed E-state index contributed by atoms with van der Waals surface area (Å²) < 4.78 is 41.9. The van der Waals surface area contributed by atoms with E-state index in [-0.39, 0.29) is 17.3 Å². The number of esters is 1. The molecule has 192 valence electrons. The fraction of sp³-hybridized carbons (Fsp3) is 0.320. The van der Waals surface area contributed by atoms with Crippen LogP contribution in [0.5, 0.6) is 11.5 Å². The molecule has 1 amide bonds. The summed E-state index contributed by atoms with van der Waals surface area (Å²) in [4.78, 5) is 25.6. The second-order valence-electron chi connectivity index (χ2n) is 9.05. The predicted octanol–water partition coefficient (Wildman–Crippen LogP) is 3.24. The third-order valence-electron chi connectivity index (χ3n) is 4.65. The summed E-state index contributed by atoms with van der Waals surface area (Å²) in [5, 5.41) is 6.81. The quantitative estimate of drug-likeness (QED) is 0.431. The van der Waals surface area contributed by atoms with E-state index in [1.54, 1.807) is 63.0 Å². The van der Waals surface area contributed by atoms with Gasteiger partial charge in [0.2, 0.25) is 6.10 Å². The number of hydrogen-bond acceptors (Lipinski definition) is 8. The lowest BCUT2D eigenvalue weighted by molar-refractivity contribution is -0.164. The second-order valence-corrected chi connectivity index (χ2v) is 11.1. The van der Waals surface area contributed by atoms with Crippen LogP contribution in [-0.4, -0.2) is 54.6 Å². The van der Waals surface area contributed by atoms with Gasteiger partial charge in [-0.2, -0.15) is 5.10 Å². The van der Waals surface area contributed by atoms with Gasteiger partial charge in [-0.3, -0.25) is 9.48 Å². The minimum atomic E-state index is -3.35. The standard InChI is InChI=1S/C25H29N3O7S/c1-25(2,3)35-24(30)21(16-33-18-9-11-20(12-10-18)36(5,31)32)34-19-8-6-7-17(15-19)23(29)26-22-13-14-28(4)27-22/h6-15,21H,16H2,1-5H3,(H,26,27,29). The first-order chi connectivity index (χ1) is 16.8. The number of aryl methyl sites for hydroxylation is 1. The maximum atomic E-state index is 12.8. The van der Waals surface area contributed by atoms with E-state index in [1.807, 2.05) is 0 Å². The van der Waals surface area contributed by atoms with Gasteiger partial charge in [0.25, 0.3) is 5.91 Å². The number of nitrogens with zero attached hydrogens (tertiary/aromatic N) is 2. The van der Waals surface area contributed by atoms with E-state index in [0.717, 1.165) is 6.26 Å². The summed E-state index contributed by atoms with van der Waals surface area (Å²) in [7, 11) is -1.61. The fourth-order valence-corrected chi connectivity index (χ4v) is 3.65. The summed E-state index contributed by atoms with van der Waals surface area (Å²) >= 11 is 0. The van der Waals surface area contributed by atoms with Crippen molar-refractivity contribution in [2.24, 2.45) is 7.05 Å². The number of hydrogen-bond donors (Lipinski definition) is 1. The number of nitrogens with one attached hydrogen (secondary N) is 1. The van der Waals surface area contributed by atoms with E-state index < -0.39 is 33.4 Å². The van der Waals surface area contributed by atoms with E-state index in [9.17, 15) is 18.0 Å². The zero-order valence-corrected chi connectivity index (χ0v) is 21.5. The third kappa shape index (κ3) is 7.84. The largest absolute Gasteiger partial charge is 0.489 e. The molecule has 0 spiro atoms. The zero-order chi connectivity index (χ0) is 26.5. The lowest BCUT2D eigenvalue weighted by Crippen LogP contribution is -2.39. The van der Waals surface area contributed by atoms with Crippen LogP contribution in [0.3, 0.4) is 0 Å². The Kier molecular flexibility index (Phi) is 8.03. The first-order valence-electron chi connectivity index (χ1n) is 11.0. The van der Waals surface area contributed by atoms with Gasteiger partial charge in [0.05, 0.1) is 4.90 Å². The summed E-state index contributed by atoms with van der Waals surface area (Å²) in [6.45, 7) is 4.98. The Balaban J connectivity index is 1.74. The normalized spacial score (nSPS) is 12.5. The van der Waals surface area contributed by atoms with Gasteiger partial charge in [-0.05, 0) is 63.2 Å². The van der Waals surface area contributed by atoms with E-state index in [1.165, 1.54) is 30.3 Å². The van der Waals surface area contributed by atoms with Gasteiger partial charge in [-0.25, -0.2) is 13.2 Å².